The Bertz CT molecular complexity index is 928. The highest BCUT2D eigenvalue weighted by atomic mass is 32.2. The van der Waals surface area contributed by atoms with Crippen LogP contribution in [-0.4, -0.2) is 32.3 Å². The minimum Gasteiger partial charge on any atom is -0.369 e. The summed E-state index contributed by atoms with van der Waals surface area (Å²) in [5, 5.41) is 0.107. The summed E-state index contributed by atoms with van der Waals surface area (Å²) in [5.74, 6) is -0.482. The van der Waals surface area contributed by atoms with Gasteiger partial charge in [-0.1, -0.05) is 0 Å². The maximum Gasteiger partial charge on any atom is 0.208 e. The van der Waals surface area contributed by atoms with Crippen LogP contribution >= 0.6 is 0 Å². The van der Waals surface area contributed by atoms with Crippen LogP contribution in [0, 0.1) is 5.82 Å². The number of hydrogen-bond acceptors (Lipinski definition) is 4. The molecule has 1 aliphatic heterocycles. The van der Waals surface area contributed by atoms with E-state index in [1.54, 1.807) is 10.6 Å². The van der Waals surface area contributed by atoms with Crippen LogP contribution in [0.2, 0.25) is 0 Å². The number of anilines is 1. The minimum atomic E-state index is -3.66. The van der Waals surface area contributed by atoms with E-state index in [0.717, 1.165) is 32.2 Å². The molecule has 2 heterocycles. The lowest BCUT2D eigenvalue weighted by atomic mass is 10.1. The third-order valence-corrected chi connectivity index (χ3v) is 5.39. The SMILES string of the molecule is CCn1cc(S(C)(=O)=O)c(=O)c2cc(F)c(N3CCCC3)cc21. The van der Waals surface area contributed by atoms with Gasteiger partial charge < -0.3 is 9.47 Å². The molecule has 0 aliphatic carbocycles. The van der Waals surface area contributed by atoms with E-state index in [1.807, 2.05) is 11.8 Å². The first-order valence-corrected chi connectivity index (χ1v) is 9.53. The lowest BCUT2D eigenvalue weighted by molar-refractivity contribution is 0.599. The molecule has 5 nitrogen and oxygen atoms in total. The van der Waals surface area contributed by atoms with Gasteiger partial charge in [0, 0.05) is 32.1 Å². The van der Waals surface area contributed by atoms with Crippen molar-refractivity contribution in [1.29, 1.82) is 0 Å². The standard InChI is InChI=1S/C16H19FN2O3S/c1-3-18-10-15(23(2,21)22)16(20)11-8-12(17)14(9-13(11)18)19-6-4-5-7-19/h8-10H,3-7H2,1-2H3. The largest absolute Gasteiger partial charge is 0.369 e. The third-order valence-electron chi connectivity index (χ3n) is 4.30. The molecule has 0 atom stereocenters. The van der Waals surface area contributed by atoms with E-state index in [4.69, 9.17) is 0 Å². The molecule has 0 amide bonds. The van der Waals surface area contributed by atoms with Gasteiger partial charge >= 0.3 is 0 Å². The predicted octanol–water partition coefficient (Wildman–Crippen LogP) is 2.16. The number of aromatic nitrogens is 1. The maximum atomic E-state index is 14.5. The predicted molar refractivity (Wildman–Crippen MR) is 88.4 cm³/mol. The average Bonchev–Trinajstić information content (AvgIpc) is 3.00. The van der Waals surface area contributed by atoms with Gasteiger partial charge in [-0.25, -0.2) is 12.8 Å². The molecule has 0 unspecified atom stereocenters. The molecule has 1 aliphatic rings. The molecule has 1 fully saturated rings. The average molecular weight is 338 g/mol. The first kappa shape index (κ1) is 16.0. The van der Waals surface area contributed by atoms with E-state index in [9.17, 15) is 17.6 Å². The molecule has 1 aromatic heterocycles. The van der Waals surface area contributed by atoms with E-state index in [2.05, 4.69) is 0 Å². The molecular formula is C16H19FN2O3S. The number of nitrogens with zero attached hydrogens (tertiary/aromatic N) is 2. The monoisotopic (exact) mass is 338 g/mol. The summed E-state index contributed by atoms with van der Waals surface area (Å²) in [6, 6.07) is 2.83. The van der Waals surface area contributed by atoms with Crippen LogP contribution in [0.1, 0.15) is 19.8 Å². The second-order valence-corrected chi connectivity index (χ2v) is 7.88. The topological polar surface area (TPSA) is 59.4 Å². The van der Waals surface area contributed by atoms with Crippen LogP contribution in [0.5, 0.6) is 0 Å². The molecule has 124 valence electrons. The Kier molecular flexibility index (Phi) is 3.91. The fraction of sp³-hybridized carbons (Fsp3) is 0.438. The van der Waals surface area contributed by atoms with Crippen molar-refractivity contribution < 1.29 is 12.8 Å². The molecule has 1 saturated heterocycles. The van der Waals surface area contributed by atoms with Crippen LogP contribution < -0.4 is 10.3 Å². The van der Waals surface area contributed by atoms with E-state index in [-0.39, 0.29) is 10.3 Å². The fourth-order valence-corrected chi connectivity index (χ4v) is 3.86. The number of aryl methyl sites for hydroxylation is 1. The van der Waals surface area contributed by atoms with Gasteiger partial charge in [0.25, 0.3) is 0 Å². The molecule has 23 heavy (non-hydrogen) atoms. The number of halogens is 1. The van der Waals surface area contributed by atoms with Crippen LogP contribution in [0.4, 0.5) is 10.1 Å². The number of hydrogen-bond donors (Lipinski definition) is 0. The third kappa shape index (κ3) is 2.73. The summed E-state index contributed by atoms with van der Waals surface area (Å²) >= 11 is 0. The Morgan fingerprint density at radius 1 is 1.22 bits per heavy atom. The molecule has 1 aromatic carbocycles. The Hall–Kier alpha value is -1.89. The number of fused-ring (bicyclic) bond motifs is 1. The van der Waals surface area contributed by atoms with Crippen molar-refractivity contribution in [3.8, 4) is 0 Å². The van der Waals surface area contributed by atoms with Crippen molar-refractivity contribution in [2.45, 2.75) is 31.2 Å². The normalized spacial score (nSPS) is 15.5. The first-order valence-electron chi connectivity index (χ1n) is 7.64. The van der Waals surface area contributed by atoms with Gasteiger partial charge in [0.15, 0.2) is 9.84 Å². The van der Waals surface area contributed by atoms with Gasteiger partial charge in [0.1, 0.15) is 10.7 Å². The number of sulfone groups is 1. The smallest absolute Gasteiger partial charge is 0.208 e. The number of pyridine rings is 1. The van der Waals surface area contributed by atoms with Gasteiger partial charge in [-0.2, -0.15) is 0 Å². The summed E-state index contributed by atoms with van der Waals surface area (Å²) in [7, 11) is -3.66. The zero-order chi connectivity index (χ0) is 16.8. The van der Waals surface area contributed by atoms with Gasteiger partial charge in [0.2, 0.25) is 5.43 Å². The molecule has 2 aromatic rings. The maximum absolute atomic E-state index is 14.5. The highest BCUT2D eigenvalue weighted by molar-refractivity contribution is 7.90. The van der Waals surface area contributed by atoms with Crippen LogP contribution in [0.15, 0.2) is 28.0 Å². The summed E-state index contributed by atoms with van der Waals surface area (Å²) in [5.41, 5.74) is 0.399. The van der Waals surface area contributed by atoms with E-state index < -0.39 is 21.1 Å². The van der Waals surface area contributed by atoms with Gasteiger partial charge in [-0.15, -0.1) is 0 Å². The van der Waals surface area contributed by atoms with Gasteiger partial charge in [-0.3, -0.25) is 4.79 Å². The first-order chi connectivity index (χ1) is 10.8. The summed E-state index contributed by atoms with van der Waals surface area (Å²) in [4.78, 5) is 14.1. The van der Waals surface area contributed by atoms with Gasteiger partial charge in [-0.05, 0) is 31.9 Å². The molecule has 0 N–H and O–H groups in total. The second kappa shape index (κ2) is 5.63. The van der Waals surface area contributed by atoms with Crippen molar-refractivity contribution in [1.82, 2.24) is 4.57 Å². The van der Waals surface area contributed by atoms with Crippen LogP contribution in [0.25, 0.3) is 10.9 Å². The Morgan fingerprint density at radius 2 is 1.87 bits per heavy atom. The molecule has 0 bridgehead atoms. The van der Waals surface area contributed by atoms with Crippen molar-refractivity contribution in [3.05, 3.63) is 34.4 Å². The quantitative estimate of drug-likeness (QED) is 0.860. The molecule has 7 heteroatoms. The second-order valence-electron chi connectivity index (χ2n) is 5.90. The number of rotatable bonds is 3. The Morgan fingerprint density at radius 3 is 2.43 bits per heavy atom. The summed E-state index contributed by atoms with van der Waals surface area (Å²) in [6.07, 6.45) is 4.38. The highest BCUT2D eigenvalue weighted by Crippen LogP contribution is 2.28. The molecule has 0 radical (unpaired) electrons. The van der Waals surface area contributed by atoms with Crippen LogP contribution in [0.3, 0.4) is 0 Å². The molecule has 0 saturated carbocycles. The molecule has 0 spiro atoms. The van der Waals surface area contributed by atoms with Crippen molar-refractivity contribution >= 4 is 26.4 Å². The van der Waals surface area contributed by atoms with E-state index >= 15 is 0 Å². The zero-order valence-electron chi connectivity index (χ0n) is 13.2. The van der Waals surface area contributed by atoms with Crippen molar-refractivity contribution in [2.75, 3.05) is 24.2 Å². The minimum absolute atomic E-state index is 0.107. The highest BCUT2D eigenvalue weighted by Gasteiger charge is 2.21. The van der Waals surface area contributed by atoms with Gasteiger partial charge in [0.05, 0.1) is 16.6 Å². The molecular weight excluding hydrogens is 319 g/mol. The fourth-order valence-electron chi connectivity index (χ4n) is 3.10. The van der Waals surface area contributed by atoms with Crippen molar-refractivity contribution in [2.24, 2.45) is 0 Å². The summed E-state index contributed by atoms with van der Waals surface area (Å²) < 4.78 is 39.8. The van der Waals surface area contributed by atoms with E-state index in [0.29, 0.717) is 17.7 Å². The Labute approximate surface area is 134 Å². The lowest BCUT2D eigenvalue weighted by Crippen LogP contribution is -2.21. The van der Waals surface area contributed by atoms with Crippen molar-refractivity contribution in [3.63, 3.8) is 0 Å². The summed E-state index contributed by atoms with van der Waals surface area (Å²) in [6.45, 7) is 3.93. The number of benzene rings is 1. The Balaban J connectivity index is 2.34. The molecule has 3 rings (SSSR count). The van der Waals surface area contributed by atoms with Crippen LogP contribution in [-0.2, 0) is 16.4 Å². The lowest BCUT2D eigenvalue weighted by Gasteiger charge is -2.20. The van der Waals surface area contributed by atoms with E-state index in [1.165, 1.54) is 12.3 Å². The zero-order valence-corrected chi connectivity index (χ0v) is 14.0.